The molecule has 1 aliphatic heterocycles. The molecular formula is C13H18ClN3O2. The lowest BCUT2D eigenvalue weighted by Gasteiger charge is -2.36. The van der Waals surface area contributed by atoms with Crippen molar-refractivity contribution in [3.8, 4) is 0 Å². The average Bonchev–Trinajstić information content (AvgIpc) is 2.39. The van der Waals surface area contributed by atoms with Crippen molar-refractivity contribution in [2.45, 2.75) is 45.1 Å². The van der Waals surface area contributed by atoms with Gasteiger partial charge in [-0.3, -0.25) is 10.1 Å². The third kappa shape index (κ3) is 3.15. The minimum atomic E-state index is -0.379. The standard InChI is InChI=1S/C13H18ClN3O2/c1-2-5-10-6-3-4-9-16(10)13-11(17(18)19)7-8-12(14)15-13/h7-8,10H,2-6,9H2,1H3. The van der Waals surface area contributed by atoms with Gasteiger partial charge in [0.05, 0.1) is 4.92 Å². The van der Waals surface area contributed by atoms with Gasteiger partial charge >= 0.3 is 5.69 Å². The minimum Gasteiger partial charge on any atom is -0.348 e. The molecule has 104 valence electrons. The van der Waals surface area contributed by atoms with Crippen LogP contribution in [0, 0.1) is 10.1 Å². The maximum Gasteiger partial charge on any atom is 0.311 e. The summed E-state index contributed by atoms with van der Waals surface area (Å²) in [6.45, 7) is 2.95. The molecule has 1 fully saturated rings. The van der Waals surface area contributed by atoms with E-state index in [2.05, 4.69) is 16.8 Å². The van der Waals surface area contributed by atoms with Crippen LogP contribution in [-0.2, 0) is 0 Å². The maximum atomic E-state index is 11.1. The first-order chi connectivity index (χ1) is 9.13. The molecule has 0 aliphatic carbocycles. The van der Waals surface area contributed by atoms with Crippen molar-refractivity contribution >= 4 is 23.1 Å². The summed E-state index contributed by atoms with van der Waals surface area (Å²) in [5.41, 5.74) is 0.0485. The number of nitrogens with zero attached hydrogens (tertiary/aromatic N) is 3. The number of aromatic nitrogens is 1. The Balaban J connectivity index is 2.37. The molecule has 2 rings (SSSR count). The van der Waals surface area contributed by atoms with Crippen LogP contribution in [0.4, 0.5) is 11.5 Å². The zero-order valence-corrected chi connectivity index (χ0v) is 11.8. The van der Waals surface area contributed by atoms with Crippen molar-refractivity contribution in [3.05, 3.63) is 27.4 Å². The number of hydrogen-bond acceptors (Lipinski definition) is 4. The molecule has 0 N–H and O–H groups in total. The molecule has 0 saturated carbocycles. The van der Waals surface area contributed by atoms with Crippen LogP contribution in [0.5, 0.6) is 0 Å². The van der Waals surface area contributed by atoms with Gasteiger partial charge in [-0.15, -0.1) is 0 Å². The van der Waals surface area contributed by atoms with Crippen LogP contribution in [0.3, 0.4) is 0 Å². The van der Waals surface area contributed by atoms with Crippen LogP contribution >= 0.6 is 11.6 Å². The van der Waals surface area contributed by atoms with Gasteiger partial charge in [-0.1, -0.05) is 24.9 Å². The summed E-state index contributed by atoms with van der Waals surface area (Å²) in [4.78, 5) is 17.0. The molecule has 1 atom stereocenters. The Morgan fingerprint density at radius 1 is 1.53 bits per heavy atom. The first-order valence-electron chi connectivity index (χ1n) is 6.71. The van der Waals surface area contributed by atoms with Gasteiger partial charge in [-0.05, 0) is 31.7 Å². The summed E-state index contributed by atoms with van der Waals surface area (Å²) in [6.07, 6.45) is 5.39. The van der Waals surface area contributed by atoms with Crippen LogP contribution in [0.1, 0.15) is 39.0 Å². The van der Waals surface area contributed by atoms with E-state index >= 15 is 0 Å². The van der Waals surface area contributed by atoms with Crippen LogP contribution in [0.25, 0.3) is 0 Å². The summed E-state index contributed by atoms with van der Waals surface area (Å²) in [5.74, 6) is 0.427. The number of halogens is 1. The highest BCUT2D eigenvalue weighted by Crippen LogP contribution is 2.33. The van der Waals surface area contributed by atoms with Gasteiger partial charge in [-0.25, -0.2) is 4.98 Å². The van der Waals surface area contributed by atoms with Crippen LogP contribution in [0.15, 0.2) is 12.1 Å². The molecule has 2 heterocycles. The Hall–Kier alpha value is -1.36. The molecule has 1 aliphatic rings. The third-order valence-corrected chi connectivity index (χ3v) is 3.75. The fraction of sp³-hybridized carbons (Fsp3) is 0.615. The first-order valence-corrected chi connectivity index (χ1v) is 7.09. The first kappa shape index (κ1) is 14.1. The molecule has 1 aromatic rings. The highest BCUT2D eigenvalue weighted by molar-refractivity contribution is 6.29. The SMILES string of the molecule is CCCC1CCCCN1c1nc(Cl)ccc1[N+](=O)[O-]. The topological polar surface area (TPSA) is 59.3 Å². The Labute approximate surface area is 117 Å². The molecule has 19 heavy (non-hydrogen) atoms. The highest BCUT2D eigenvalue weighted by Gasteiger charge is 2.29. The van der Waals surface area contributed by atoms with Crippen molar-refractivity contribution in [2.75, 3.05) is 11.4 Å². The van der Waals surface area contributed by atoms with E-state index in [9.17, 15) is 10.1 Å². The lowest BCUT2D eigenvalue weighted by atomic mass is 9.98. The zero-order chi connectivity index (χ0) is 13.8. The summed E-state index contributed by atoms with van der Waals surface area (Å²) in [5, 5.41) is 11.4. The molecule has 0 spiro atoms. The molecule has 1 saturated heterocycles. The molecule has 0 radical (unpaired) electrons. The molecule has 0 bridgehead atoms. The molecule has 1 aromatic heterocycles. The van der Waals surface area contributed by atoms with E-state index in [1.165, 1.54) is 18.6 Å². The fourth-order valence-corrected chi connectivity index (χ4v) is 2.83. The van der Waals surface area contributed by atoms with Gasteiger partial charge in [0.15, 0.2) is 0 Å². The summed E-state index contributed by atoms with van der Waals surface area (Å²) in [7, 11) is 0. The number of anilines is 1. The molecule has 5 nitrogen and oxygen atoms in total. The Morgan fingerprint density at radius 2 is 2.32 bits per heavy atom. The molecule has 6 heteroatoms. The largest absolute Gasteiger partial charge is 0.348 e. The number of rotatable bonds is 4. The lowest BCUT2D eigenvalue weighted by molar-refractivity contribution is -0.384. The summed E-state index contributed by atoms with van der Waals surface area (Å²) in [6, 6.07) is 3.26. The number of piperidine rings is 1. The smallest absolute Gasteiger partial charge is 0.311 e. The van der Waals surface area contributed by atoms with Crippen LogP contribution in [-0.4, -0.2) is 22.5 Å². The van der Waals surface area contributed by atoms with Gasteiger partial charge in [0.25, 0.3) is 0 Å². The second-order valence-corrected chi connectivity index (χ2v) is 5.25. The van der Waals surface area contributed by atoms with Gasteiger partial charge in [-0.2, -0.15) is 0 Å². The number of hydrogen-bond donors (Lipinski definition) is 0. The van der Waals surface area contributed by atoms with Crippen molar-refractivity contribution in [3.63, 3.8) is 0 Å². The van der Waals surface area contributed by atoms with E-state index in [1.54, 1.807) is 0 Å². The van der Waals surface area contributed by atoms with E-state index in [1.807, 2.05) is 0 Å². The fourth-order valence-electron chi connectivity index (χ4n) is 2.68. The van der Waals surface area contributed by atoms with Crippen molar-refractivity contribution < 1.29 is 4.92 Å². The molecular weight excluding hydrogens is 266 g/mol. The van der Waals surface area contributed by atoms with E-state index in [4.69, 9.17) is 11.6 Å². The number of nitro groups is 1. The number of pyridine rings is 1. The zero-order valence-electron chi connectivity index (χ0n) is 11.0. The van der Waals surface area contributed by atoms with Crippen molar-refractivity contribution in [1.29, 1.82) is 0 Å². The van der Waals surface area contributed by atoms with E-state index in [0.717, 1.165) is 32.2 Å². The normalized spacial score (nSPS) is 19.5. The second kappa shape index (κ2) is 6.19. The van der Waals surface area contributed by atoms with E-state index < -0.39 is 0 Å². The Bertz CT molecular complexity index is 465. The molecule has 0 amide bonds. The Morgan fingerprint density at radius 3 is 3.00 bits per heavy atom. The summed E-state index contributed by atoms with van der Waals surface area (Å²) >= 11 is 5.91. The van der Waals surface area contributed by atoms with E-state index in [0.29, 0.717) is 17.0 Å². The van der Waals surface area contributed by atoms with Gasteiger partial charge in [0.2, 0.25) is 5.82 Å². The minimum absolute atomic E-state index is 0.0485. The third-order valence-electron chi connectivity index (χ3n) is 3.54. The quantitative estimate of drug-likeness (QED) is 0.479. The Kier molecular flexibility index (Phi) is 4.58. The van der Waals surface area contributed by atoms with E-state index in [-0.39, 0.29) is 10.6 Å². The molecule has 1 unspecified atom stereocenters. The summed E-state index contributed by atoms with van der Waals surface area (Å²) < 4.78 is 0. The lowest BCUT2D eigenvalue weighted by Crippen LogP contribution is -2.40. The van der Waals surface area contributed by atoms with Crippen LogP contribution < -0.4 is 4.90 Å². The van der Waals surface area contributed by atoms with Gasteiger partial charge in [0.1, 0.15) is 5.15 Å². The predicted molar refractivity (Wildman–Crippen MR) is 75.8 cm³/mol. The highest BCUT2D eigenvalue weighted by atomic mass is 35.5. The molecule has 0 aromatic carbocycles. The predicted octanol–water partition coefficient (Wildman–Crippen LogP) is 3.80. The monoisotopic (exact) mass is 283 g/mol. The van der Waals surface area contributed by atoms with Crippen molar-refractivity contribution in [2.24, 2.45) is 0 Å². The van der Waals surface area contributed by atoms with Gasteiger partial charge < -0.3 is 4.90 Å². The van der Waals surface area contributed by atoms with Crippen LogP contribution in [0.2, 0.25) is 5.15 Å². The second-order valence-electron chi connectivity index (χ2n) is 4.87. The maximum absolute atomic E-state index is 11.1. The average molecular weight is 284 g/mol. The van der Waals surface area contributed by atoms with Gasteiger partial charge in [0, 0.05) is 18.7 Å². The van der Waals surface area contributed by atoms with Crippen molar-refractivity contribution in [1.82, 2.24) is 4.98 Å².